The van der Waals surface area contributed by atoms with E-state index in [0.717, 1.165) is 12.0 Å². The molecule has 0 fully saturated rings. The molecule has 94 valence electrons. The van der Waals surface area contributed by atoms with E-state index in [9.17, 15) is 4.79 Å². The molecule has 0 aliphatic rings. The molecule has 1 atom stereocenters. The number of carbonyl (C=O) groups excluding carboxylic acids is 1. The van der Waals surface area contributed by atoms with Crippen molar-refractivity contribution in [3.8, 4) is 0 Å². The van der Waals surface area contributed by atoms with Crippen LogP contribution in [0.5, 0.6) is 0 Å². The summed E-state index contributed by atoms with van der Waals surface area (Å²) in [4.78, 5) is 11.7. The molecule has 0 saturated heterocycles. The fourth-order valence-corrected chi connectivity index (χ4v) is 1.85. The fourth-order valence-electron chi connectivity index (χ4n) is 1.47. The Balaban J connectivity index is 2.54. The second-order valence-corrected chi connectivity index (χ2v) is 4.80. The van der Waals surface area contributed by atoms with Gasteiger partial charge in [-0.15, -0.1) is 0 Å². The van der Waals surface area contributed by atoms with E-state index in [1.54, 1.807) is 19.2 Å². The van der Waals surface area contributed by atoms with E-state index in [1.807, 2.05) is 13.0 Å². The zero-order chi connectivity index (χ0) is 12.8. The van der Waals surface area contributed by atoms with Crippen LogP contribution in [0, 0.1) is 0 Å². The Morgan fingerprint density at radius 1 is 1.41 bits per heavy atom. The summed E-state index contributed by atoms with van der Waals surface area (Å²) >= 11 is 11.9. The van der Waals surface area contributed by atoms with Crippen molar-refractivity contribution >= 4 is 29.0 Å². The van der Waals surface area contributed by atoms with Crippen LogP contribution in [0.3, 0.4) is 0 Å². The number of benzene rings is 1. The van der Waals surface area contributed by atoms with Gasteiger partial charge in [0.15, 0.2) is 0 Å². The zero-order valence-electron chi connectivity index (χ0n) is 10.0. The summed E-state index contributed by atoms with van der Waals surface area (Å²) in [5.41, 5.74) is 0.786. The van der Waals surface area contributed by atoms with Crippen LogP contribution in [0.1, 0.15) is 25.3 Å². The van der Waals surface area contributed by atoms with Gasteiger partial charge >= 0.3 is 0 Å². The highest BCUT2D eigenvalue weighted by molar-refractivity contribution is 6.42. The molecular weight excluding hydrogens is 259 g/mol. The van der Waals surface area contributed by atoms with Gasteiger partial charge in [-0.1, -0.05) is 35.3 Å². The van der Waals surface area contributed by atoms with E-state index in [2.05, 4.69) is 0 Å². The fraction of sp³-hybridized carbons (Fsp3) is 0.462. The highest BCUT2D eigenvalue weighted by atomic mass is 35.5. The molecule has 17 heavy (non-hydrogen) atoms. The van der Waals surface area contributed by atoms with Gasteiger partial charge in [0.05, 0.1) is 16.1 Å². The maximum Gasteiger partial charge on any atom is 0.137 e. The molecule has 0 aromatic heterocycles. The minimum absolute atomic E-state index is 0.105. The predicted octanol–water partition coefficient (Wildman–Crippen LogP) is 3.92. The Bertz CT molecular complexity index is 391. The predicted molar refractivity (Wildman–Crippen MR) is 70.9 cm³/mol. The maximum atomic E-state index is 11.7. The van der Waals surface area contributed by atoms with Crippen LogP contribution in [0.15, 0.2) is 18.2 Å². The summed E-state index contributed by atoms with van der Waals surface area (Å²) in [6.07, 6.45) is 1.66. The maximum absolute atomic E-state index is 11.7. The topological polar surface area (TPSA) is 26.3 Å². The first-order valence-electron chi connectivity index (χ1n) is 5.52. The van der Waals surface area contributed by atoms with E-state index in [4.69, 9.17) is 27.9 Å². The molecule has 1 rings (SSSR count). The van der Waals surface area contributed by atoms with Crippen LogP contribution >= 0.6 is 23.2 Å². The van der Waals surface area contributed by atoms with Crippen molar-refractivity contribution in [1.82, 2.24) is 0 Å². The minimum atomic E-state index is 0.105. The molecule has 0 aliphatic heterocycles. The van der Waals surface area contributed by atoms with E-state index >= 15 is 0 Å². The molecule has 0 N–H and O–H groups in total. The lowest BCUT2D eigenvalue weighted by molar-refractivity contribution is -0.119. The highest BCUT2D eigenvalue weighted by Gasteiger charge is 2.10. The lowest BCUT2D eigenvalue weighted by Crippen LogP contribution is -2.10. The molecule has 0 spiro atoms. The molecule has 1 unspecified atom stereocenters. The highest BCUT2D eigenvalue weighted by Crippen LogP contribution is 2.26. The summed E-state index contributed by atoms with van der Waals surface area (Å²) in [7, 11) is 1.64. The van der Waals surface area contributed by atoms with E-state index in [-0.39, 0.29) is 11.9 Å². The lowest BCUT2D eigenvalue weighted by Gasteiger charge is -2.09. The first-order valence-corrected chi connectivity index (χ1v) is 6.27. The molecule has 0 heterocycles. The number of ketones is 1. The van der Waals surface area contributed by atoms with Crippen molar-refractivity contribution in [1.29, 1.82) is 0 Å². The van der Waals surface area contributed by atoms with Crippen molar-refractivity contribution in [2.75, 3.05) is 7.11 Å². The quantitative estimate of drug-likeness (QED) is 0.786. The van der Waals surface area contributed by atoms with Gasteiger partial charge in [-0.3, -0.25) is 4.79 Å². The first kappa shape index (κ1) is 14.5. The Hall–Kier alpha value is -0.570. The number of rotatable bonds is 6. The molecule has 2 nitrogen and oxygen atoms in total. The Morgan fingerprint density at radius 2 is 2.12 bits per heavy atom. The lowest BCUT2D eigenvalue weighted by atomic mass is 10.0. The second kappa shape index (κ2) is 7.00. The number of hydrogen-bond donors (Lipinski definition) is 0. The Labute approximate surface area is 112 Å². The molecule has 0 radical (unpaired) electrons. The van der Waals surface area contributed by atoms with Crippen LogP contribution < -0.4 is 0 Å². The Kier molecular flexibility index (Phi) is 5.96. The van der Waals surface area contributed by atoms with Crippen molar-refractivity contribution in [3.63, 3.8) is 0 Å². The van der Waals surface area contributed by atoms with E-state index in [0.29, 0.717) is 22.9 Å². The first-order chi connectivity index (χ1) is 8.04. The summed E-state index contributed by atoms with van der Waals surface area (Å²) in [6, 6.07) is 5.34. The third kappa shape index (κ3) is 4.66. The van der Waals surface area contributed by atoms with E-state index in [1.165, 1.54) is 0 Å². The standard InChI is InChI=1S/C13H16Cl2O2/c1-9(17-2)6-7-11(16)8-10-4-3-5-12(14)13(10)15/h3-5,9H,6-8H2,1-2H3. The molecule has 0 aliphatic carbocycles. The van der Waals surface area contributed by atoms with Crippen molar-refractivity contribution in [2.45, 2.75) is 32.3 Å². The third-order valence-corrected chi connectivity index (χ3v) is 3.51. The molecule has 1 aromatic carbocycles. The summed E-state index contributed by atoms with van der Waals surface area (Å²) in [5.74, 6) is 0.151. The van der Waals surface area contributed by atoms with Gasteiger partial charge in [0.1, 0.15) is 5.78 Å². The van der Waals surface area contributed by atoms with Gasteiger partial charge in [0.2, 0.25) is 0 Å². The smallest absolute Gasteiger partial charge is 0.137 e. The normalized spacial score (nSPS) is 12.5. The second-order valence-electron chi connectivity index (χ2n) is 4.01. The summed E-state index contributed by atoms with van der Waals surface area (Å²) in [5, 5.41) is 0.963. The van der Waals surface area contributed by atoms with Crippen LogP contribution in [0.4, 0.5) is 0 Å². The van der Waals surface area contributed by atoms with Crippen molar-refractivity contribution < 1.29 is 9.53 Å². The SMILES string of the molecule is COC(C)CCC(=O)Cc1cccc(Cl)c1Cl. The number of hydrogen-bond acceptors (Lipinski definition) is 2. The largest absolute Gasteiger partial charge is 0.382 e. The van der Waals surface area contributed by atoms with Crippen molar-refractivity contribution in [3.05, 3.63) is 33.8 Å². The number of carbonyl (C=O) groups is 1. The van der Waals surface area contributed by atoms with Gasteiger partial charge in [0, 0.05) is 20.0 Å². The number of halogens is 2. The number of Topliss-reactive ketones (excluding diaryl/α,β-unsaturated/α-hetero) is 1. The zero-order valence-corrected chi connectivity index (χ0v) is 11.5. The Morgan fingerprint density at radius 3 is 2.76 bits per heavy atom. The third-order valence-electron chi connectivity index (χ3n) is 2.65. The monoisotopic (exact) mass is 274 g/mol. The van der Waals surface area contributed by atoms with Crippen molar-refractivity contribution in [2.24, 2.45) is 0 Å². The summed E-state index contributed by atoms with van der Waals surface area (Å²) in [6.45, 7) is 1.94. The molecule has 0 amide bonds. The number of ether oxygens (including phenoxy) is 1. The van der Waals surface area contributed by atoms with Gasteiger partial charge in [0.25, 0.3) is 0 Å². The molecular formula is C13H16Cl2O2. The van der Waals surface area contributed by atoms with Crippen LogP contribution in [-0.4, -0.2) is 19.0 Å². The molecule has 4 heteroatoms. The van der Waals surface area contributed by atoms with Gasteiger partial charge in [-0.05, 0) is 25.0 Å². The minimum Gasteiger partial charge on any atom is -0.382 e. The molecule has 0 bridgehead atoms. The van der Waals surface area contributed by atoms with Crippen LogP contribution in [-0.2, 0) is 16.0 Å². The van der Waals surface area contributed by atoms with Gasteiger partial charge in [-0.25, -0.2) is 0 Å². The van der Waals surface area contributed by atoms with Crippen LogP contribution in [0.25, 0.3) is 0 Å². The average molecular weight is 275 g/mol. The number of methoxy groups -OCH3 is 1. The average Bonchev–Trinajstić information content (AvgIpc) is 2.32. The van der Waals surface area contributed by atoms with Gasteiger partial charge < -0.3 is 4.74 Å². The summed E-state index contributed by atoms with van der Waals surface area (Å²) < 4.78 is 5.09. The van der Waals surface area contributed by atoms with Gasteiger partial charge in [-0.2, -0.15) is 0 Å². The van der Waals surface area contributed by atoms with Crippen LogP contribution in [0.2, 0.25) is 10.0 Å². The molecule has 1 aromatic rings. The molecule has 0 saturated carbocycles. The van der Waals surface area contributed by atoms with E-state index < -0.39 is 0 Å².